The third-order valence-corrected chi connectivity index (χ3v) is 3.28. The van der Waals surface area contributed by atoms with Gasteiger partial charge in [-0.15, -0.1) is 11.3 Å². The quantitative estimate of drug-likeness (QED) is 0.776. The van der Waals surface area contributed by atoms with E-state index >= 15 is 0 Å². The summed E-state index contributed by atoms with van der Waals surface area (Å²) < 4.78 is 0. The van der Waals surface area contributed by atoms with E-state index in [1.54, 1.807) is 11.3 Å². The van der Waals surface area contributed by atoms with E-state index < -0.39 is 0 Å². The molecular formula is C9H13N3S. The molecule has 1 unspecified atom stereocenters. The average Bonchev–Trinajstić information content (AvgIpc) is 2.71. The Morgan fingerprint density at radius 2 is 2.62 bits per heavy atom. The number of hydrogen-bond acceptors (Lipinski definition) is 4. The number of hydrogen-bond donors (Lipinski definition) is 1. The van der Waals surface area contributed by atoms with E-state index in [9.17, 15) is 0 Å². The summed E-state index contributed by atoms with van der Waals surface area (Å²) in [5, 5.41) is 2.09. The van der Waals surface area contributed by atoms with Crippen molar-refractivity contribution in [2.24, 2.45) is 10.7 Å². The summed E-state index contributed by atoms with van der Waals surface area (Å²) in [6, 6.07) is 4.60. The molecule has 0 saturated heterocycles. The molecule has 0 spiro atoms. The molecule has 1 aliphatic rings. The monoisotopic (exact) mass is 195 g/mol. The zero-order chi connectivity index (χ0) is 9.26. The van der Waals surface area contributed by atoms with Crippen LogP contribution in [0.1, 0.15) is 17.8 Å². The second kappa shape index (κ2) is 3.38. The zero-order valence-corrected chi connectivity index (χ0v) is 8.42. The van der Waals surface area contributed by atoms with Crippen molar-refractivity contribution in [3.8, 4) is 0 Å². The highest BCUT2D eigenvalue weighted by atomic mass is 32.1. The Hall–Kier alpha value is -1.03. The topological polar surface area (TPSA) is 41.6 Å². The first-order valence-electron chi connectivity index (χ1n) is 4.43. The summed E-state index contributed by atoms with van der Waals surface area (Å²) in [5.41, 5.74) is 5.77. The largest absolute Gasteiger partial charge is 0.370 e. The molecule has 0 fully saturated rings. The highest BCUT2D eigenvalue weighted by Gasteiger charge is 2.26. The lowest BCUT2D eigenvalue weighted by Crippen LogP contribution is -2.35. The molecule has 4 heteroatoms. The van der Waals surface area contributed by atoms with E-state index in [1.807, 2.05) is 0 Å². The summed E-state index contributed by atoms with van der Waals surface area (Å²) in [7, 11) is 0. The Kier molecular flexibility index (Phi) is 2.22. The minimum Gasteiger partial charge on any atom is -0.370 e. The minimum absolute atomic E-state index is 0.380. The van der Waals surface area contributed by atoms with E-state index in [1.165, 1.54) is 4.88 Å². The smallest absolute Gasteiger partial charge is 0.191 e. The molecule has 1 aromatic rings. The second-order valence-electron chi connectivity index (χ2n) is 3.02. The Labute approximate surface area is 81.9 Å². The second-order valence-corrected chi connectivity index (χ2v) is 4.00. The van der Waals surface area contributed by atoms with Gasteiger partial charge in [0.15, 0.2) is 5.96 Å². The lowest BCUT2D eigenvalue weighted by Gasteiger charge is -2.23. The van der Waals surface area contributed by atoms with Gasteiger partial charge in [0.05, 0.1) is 12.6 Å². The van der Waals surface area contributed by atoms with Crippen molar-refractivity contribution in [1.82, 2.24) is 4.90 Å². The van der Waals surface area contributed by atoms with Gasteiger partial charge in [0.1, 0.15) is 0 Å². The Morgan fingerprint density at radius 3 is 3.23 bits per heavy atom. The molecule has 0 amide bonds. The van der Waals surface area contributed by atoms with Crippen LogP contribution in [0.2, 0.25) is 0 Å². The molecule has 0 radical (unpaired) electrons. The highest BCUT2D eigenvalue weighted by Crippen LogP contribution is 2.28. The van der Waals surface area contributed by atoms with Crippen LogP contribution in [0.3, 0.4) is 0 Å². The van der Waals surface area contributed by atoms with Crippen LogP contribution in [-0.2, 0) is 0 Å². The number of nitrogens with two attached hydrogens (primary N) is 1. The SMILES string of the molecule is CCN1C(N)=NCC1c1cccs1. The first-order chi connectivity index (χ1) is 6.33. The van der Waals surface area contributed by atoms with Crippen LogP contribution >= 0.6 is 11.3 Å². The van der Waals surface area contributed by atoms with Crippen LogP contribution in [0.15, 0.2) is 22.5 Å². The fourth-order valence-corrected chi connectivity index (χ4v) is 2.47. The zero-order valence-electron chi connectivity index (χ0n) is 7.60. The molecule has 0 aliphatic carbocycles. The van der Waals surface area contributed by atoms with Crippen molar-refractivity contribution in [3.05, 3.63) is 22.4 Å². The molecule has 2 heterocycles. The third-order valence-electron chi connectivity index (χ3n) is 2.31. The predicted molar refractivity (Wildman–Crippen MR) is 55.9 cm³/mol. The number of guanidine groups is 1. The average molecular weight is 195 g/mol. The number of nitrogens with zero attached hydrogens (tertiary/aromatic N) is 2. The van der Waals surface area contributed by atoms with Crippen molar-refractivity contribution >= 4 is 17.3 Å². The van der Waals surface area contributed by atoms with Crippen LogP contribution < -0.4 is 5.73 Å². The van der Waals surface area contributed by atoms with Gasteiger partial charge in [-0.25, -0.2) is 0 Å². The molecule has 2 N–H and O–H groups in total. The van der Waals surface area contributed by atoms with Crippen molar-refractivity contribution in [3.63, 3.8) is 0 Å². The van der Waals surface area contributed by atoms with Gasteiger partial charge < -0.3 is 10.6 Å². The number of aliphatic imine (C=N–C) groups is 1. The molecule has 0 aromatic carbocycles. The molecule has 1 aliphatic heterocycles. The van der Waals surface area contributed by atoms with E-state index in [-0.39, 0.29) is 0 Å². The van der Waals surface area contributed by atoms with E-state index in [2.05, 4.69) is 34.3 Å². The van der Waals surface area contributed by atoms with Gasteiger partial charge in [-0.2, -0.15) is 0 Å². The predicted octanol–water partition coefficient (Wildman–Crippen LogP) is 1.44. The fraction of sp³-hybridized carbons (Fsp3) is 0.444. The first kappa shape index (κ1) is 8.56. The standard InChI is InChI=1S/C9H13N3S/c1-2-12-7(6-11-9(12)10)8-4-3-5-13-8/h3-5,7H,2,6H2,1H3,(H2,10,11). The van der Waals surface area contributed by atoms with Gasteiger partial charge in [0.25, 0.3) is 0 Å². The first-order valence-corrected chi connectivity index (χ1v) is 5.31. The summed E-state index contributed by atoms with van der Waals surface area (Å²) in [4.78, 5) is 7.75. The van der Waals surface area contributed by atoms with Crippen molar-refractivity contribution in [2.75, 3.05) is 13.1 Å². The van der Waals surface area contributed by atoms with E-state index in [4.69, 9.17) is 5.73 Å². The molecule has 3 nitrogen and oxygen atoms in total. The van der Waals surface area contributed by atoms with Gasteiger partial charge in [-0.1, -0.05) is 6.07 Å². The van der Waals surface area contributed by atoms with Crippen LogP contribution in [0.4, 0.5) is 0 Å². The molecular weight excluding hydrogens is 182 g/mol. The number of likely N-dealkylation sites (N-methyl/N-ethyl adjacent to an activating group) is 1. The summed E-state index contributed by atoms with van der Waals surface area (Å²) in [6.45, 7) is 3.84. The van der Waals surface area contributed by atoms with Gasteiger partial charge in [-0.3, -0.25) is 4.99 Å². The van der Waals surface area contributed by atoms with Crippen LogP contribution in [0.25, 0.3) is 0 Å². The van der Waals surface area contributed by atoms with E-state index in [0.29, 0.717) is 12.0 Å². The molecule has 13 heavy (non-hydrogen) atoms. The normalized spacial score (nSPS) is 22.1. The summed E-state index contributed by atoms with van der Waals surface area (Å²) >= 11 is 1.77. The van der Waals surface area contributed by atoms with Crippen molar-refractivity contribution < 1.29 is 0 Å². The third kappa shape index (κ3) is 1.42. The van der Waals surface area contributed by atoms with Gasteiger partial charge >= 0.3 is 0 Å². The lowest BCUT2D eigenvalue weighted by molar-refractivity contribution is 0.369. The summed E-state index contributed by atoms with van der Waals surface area (Å²) in [5.74, 6) is 0.681. The Morgan fingerprint density at radius 1 is 1.77 bits per heavy atom. The highest BCUT2D eigenvalue weighted by molar-refractivity contribution is 7.10. The molecule has 0 bridgehead atoms. The maximum atomic E-state index is 5.77. The number of rotatable bonds is 2. The maximum absolute atomic E-state index is 5.77. The van der Waals surface area contributed by atoms with Crippen molar-refractivity contribution in [1.29, 1.82) is 0 Å². The fourth-order valence-electron chi connectivity index (χ4n) is 1.64. The Balaban J connectivity index is 2.19. The molecule has 0 saturated carbocycles. The van der Waals surface area contributed by atoms with Crippen LogP contribution in [0, 0.1) is 0 Å². The van der Waals surface area contributed by atoms with Crippen LogP contribution in [0.5, 0.6) is 0 Å². The molecule has 70 valence electrons. The lowest BCUT2D eigenvalue weighted by atomic mass is 10.2. The Bertz CT molecular complexity index is 305. The minimum atomic E-state index is 0.380. The van der Waals surface area contributed by atoms with Gasteiger partial charge in [0, 0.05) is 11.4 Å². The molecule has 1 aromatic heterocycles. The molecule has 2 rings (SSSR count). The number of thiophene rings is 1. The van der Waals surface area contributed by atoms with Crippen LogP contribution in [-0.4, -0.2) is 23.9 Å². The van der Waals surface area contributed by atoms with Crippen molar-refractivity contribution in [2.45, 2.75) is 13.0 Å². The van der Waals surface area contributed by atoms with Gasteiger partial charge in [-0.05, 0) is 18.4 Å². The molecule has 1 atom stereocenters. The van der Waals surface area contributed by atoms with E-state index in [0.717, 1.165) is 13.1 Å². The summed E-state index contributed by atoms with van der Waals surface area (Å²) in [6.07, 6.45) is 0. The van der Waals surface area contributed by atoms with Gasteiger partial charge in [0.2, 0.25) is 0 Å². The maximum Gasteiger partial charge on any atom is 0.191 e.